The highest BCUT2D eigenvalue weighted by atomic mass is 35.5. The predicted molar refractivity (Wildman–Crippen MR) is 93.9 cm³/mol. The summed E-state index contributed by atoms with van der Waals surface area (Å²) in [6, 6.07) is 8.97. The summed E-state index contributed by atoms with van der Waals surface area (Å²) >= 11 is 7.35. The van der Waals surface area contributed by atoms with Crippen LogP contribution < -0.4 is 15.4 Å². The molecule has 1 atom stereocenters. The van der Waals surface area contributed by atoms with Crippen molar-refractivity contribution in [3.05, 3.63) is 51.2 Å². The molecular formula is C17H17ClN2O3S. The second-order valence-corrected chi connectivity index (χ2v) is 6.82. The minimum atomic E-state index is -0.515. The van der Waals surface area contributed by atoms with Crippen molar-refractivity contribution in [2.75, 3.05) is 13.1 Å². The van der Waals surface area contributed by atoms with Crippen molar-refractivity contribution in [1.82, 2.24) is 10.6 Å². The molecule has 3 rings (SSSR count). The van der Waals surface area contributed by atoms with Gasteiger partial charge in [0, 0.05) is 24.5 Å². The lowest BCUT2D eigenvalue weighted by Crippen LogP contribution is -2.38. The smallest absolute Gasteiger partial charge is 0.261 e. The number of rotatable bonds is 6. The van der Waals surface area contributed by atoms with E-state index in [4.69, 9.17) is 16.3 Å². The molecular weight excluding hydrogens is 348 g/mol. The quantitative estimate of drug-likeness (QED) is 0.774. The lowest BCUT2D eigenvalue weighted by atomic mass is 10.1. The number of halogens is 1. The SMILES string of the molecule is O=C(NCCCNC(=O)[C@H]1Cc2cc(Cl)ccc2O1)c1cccs1. The van der Waals surface area contributed by atoms with Crippen LogP contribution in [0.1, 0.15) is 21.7 Å². The van der Waals surface area contributed by atoms with Crippen LogP contribution >= 0.6 is 22.9 Å². The minimum absolute atomic E-state index is 0.0808. The summed E-state index contributed by atoms with van der Waals surface area (Å²) in [5.41, 5.74) is 0.950. The summed E-state index contributed by atoms with van der Waals surface area (Å²) in [4.78, 5) is 24.6. The molecule has 1 aliphatic rings. The number of ether oxygens (including phenoxy) is 1. The Morgan fingerprint density at radius 1 is 1.25 bits per heavy atom. The Balaban J connectivity index is 1.36. The van der Waals surface area contributed by atoms with Crippen molar-refractivity contribution in [2.45, 2.75) is 18.9 Å². The van der Waals surface area contributed by atoms with Crippen LogP contribution in [0.3, 0.4) is 0 Å². The van der Waals surface area contributed by atoms with Crippen molar-refractivity contribution in [1.29, 1.82) is 0 Å². The molecule has 2 aromatic rings. The zero-order valence-corrected chi connectivity index (χ0v) is 14.5. The van der Waals surface area contributed by atoms with E-state index in [2.05, 4.69) is 10.6 Å². The molecule has 2 heterocycles. The average Bonchev–Trinajstić information content (AvgIpc) is 3.23. The zero-order chi connectivity index (χ0) is 16.9. The number of carbonyl (C=O) groups is 2. The van der Waals surface area contributed by atoms with Gasteiger partial charge in [0.15, 0.2) is 6.10 Å². The van der Waals surface area contributed by atoms with Gasteiger partial charge in [-0.2, -0.15) is 0 Å². The molecule has 2 amide bonds. The number of hydrogen-bond acceptors (Lipinski definition) is 4. The van der Waals surface area contributed by atoms with Crippen LogP contribution in [0, 0.1) is 0 Å². The Kier molecular flexibility index (Phi) is 5.37. The van der Waals surface area contributed by atoms with Gasteiger partial charge in [0.2, 0.25) is 0 Å². The molecule has 1 aromatic carbocycles. The summed E-state index contributed by atoms with van der Waals surface area (Å²) in [5.74, 6) is 0.484. The molecule has 0 bridgehead atoms. The zero-order valence-electron chi connectivity index (χ0n) is 12.9. The predicted octanol–water partition coefficient (Wildman–Crippen LogP) is 2.64. The third-order valence-corrected chi connectivity index (χ3v) is 4.78. The Labute approximate surface area is 149 Å². The van der Waals surface area contributed by atoms with Crippen molar-refractivity contribution in [3.63, 3.8) is 0 Å². The van der Waals surface area contributed by atoms with Gasteiger partial charge in [0.25, 0.3) is 11.8 Å². The first-order valence-electron chi connectivity index (χ1n) is 7.68. The summed E-state index contributed by atoms with van der Waals surface area (Å²) in [6.45, 7) is 0.999. The first-order valence-corrected chi connectivity index (χ1v) is 8.94. The van der Waals surface area contributed by atoms with Gasteiger partial charge in [-0.1, -0.05) is 17.7 Å². The summed E-state index contributed by atoms with van der Waals surface area (Å²) in [6.07, 6.45) is 0.671. The molecule has 126 valence electrons. The third kappa shape index (κ3) is 4.07. The molecule has 24 heavy (non-hydrogen) atoms. The highest BCUT2D eigenvalue weighted by Gasteiger charge is 2.28. The van der Waals surface area contributed by atoms with Crippen molar-refractivity contribution >= 4 is 34.8 Å². The number of fused-ring (bicyclic) bond motifs is 1. The van der Waals surface area contributed by atoms with Gasteiger partial charge in [-0.15, -0.1) is 11.3 Å². The van der Waals surface area contributed by atoms with Crippen LogP contribution in [0.15, 0.2) is 35.7 Å². The van der Waals surface area contributed by atoms with Gasteiger partial charge < -0.3 is 15.4 Å². The first kappa shape index (κ1) is 16.8. The first-order chi connectivity index (χ1) is 11.6. The Bertz CT molecular complexity index is 733. The van der Waals surface area contributed by atoms with E-state index in [9.17, 15) is 9.59 Å². The standard InChI is InChI=1S/C17H17ClN2O3S/c18-12-4-5-13-11(9-12)10-14(23-13)16(21)19-6-2-7-20-17(22)15-3-1-8-24-15/h1,3-5,8-9,14H,2,6-7,10H2,(H,19,21)(H,20,22)/t14-/m1/s1. The monoisotopic (exact) mass is 364 g/mol. The van der Waals surface area contributed by atoms with Gasteiger partial charge in [-0.3, -0.25) is 9.59 Å². The number of thiophene rings is 1. The highest BCUT2D eigenvalue weighted by Crippen LogP contribution is 2.31. The number of benzene rings is 1. The maximum atomic E-state index is 12.1. The van der Waals surface area contributed by atoms with E-state index in [0.29, 0.717) is 41.6 Å². The minimum Gasteiger partial charge on any atom is -0.480 e. The maximum absolute atomic E-state index is 12.1. The summed E-state index contributed by atoms with van der Waals surface area (Å²) < 4.78 is 5.63. The second kappa shape index (κ2) is 7.68. The van der Waals surface area contributed by atoms with Crippen LogP contribution in [-0.2, 0) is 11.2 Å². The van der Waals surface area contributed by atoms with Crippen LogP contribution in [0.25, 0.3) is 0 Å². The molecule has 0 fully saturated rings. The molecule has 0 spiro atoms. The van der Waals surface area contributed by atoms with Gasteiger partial charge in [-0.05, 0) is 41.6 Å². The fraction of sp³-hybridized carbons (Fsp3) is 0.294. The number of carbonyl (C=O) groups excluding carboxylic acids is 2. The lowest BCUT2D eigenvalue weighted by Gasteiger charge is -2.11. The van der Waals surface area contributed by atoms with Crippen LogP contribution in [0.2, 0.25) is 5.02 Å². The number of amides is 2. The normalized spacial score (nSPS) is 15.5. The fourth-order valence-corrected chi connectivity index (χ4v) is 3.31. The summed E-state index contributed by atoms with van der Waals surface area (Å²) in [5, 5.41) is 8.16. The number of nitrogens with one attached hydrogen (secondary N) is 2. The van der Waals surface area contributed by atoms with Crippen LogP contribution in [0.5, 0.6) is 5.75 Å². The maximum Gasteiger partial charge on any atom is 0.261 e. The van der Waals surface area contributed by atoms with Gasteiger partial charge in [-0.25, -0.2) is 0 Å². The van der Waals surface area contributed by atoms with Crippen molar-refractivity contribution in [3.8, 4) is 5.75 Å². The molecule has 1 aromatic heterocycles. The lowest BCUT2D eigenvalue weighted by molar-refractivity contribution is -0.127. The van der Waals surface area contributed by atoms with E-state index >= 15 is 0 Å². The van der Waals surface area contributed by atoms with E-state index in [-0.39, 0.29) is 11.8 Å². The van der Waals surface area contributed by atoms with Crippen LogP contribution in [0.4, 0.5) is 0 Å². The van der Waals surface area contributed by atoms with Gasteiger partial charge >= 0.3 is 0 Å². The van der Waals surface area contributed by atoms with Gasteiger partial charge in [0.1, 0.15) is 5.75 Å². The van der Waals surface area contributed by atoms with E-state index < -0.39 is 6.10 Å². The molecule has 5 nitrogen and oxygen atoms in total. The number of hydrogen-bond donors (Lipinski definition) is 2. The van der Waals surface area contributed by atoms with E-state index in [1.165, 1.54) is 11.3 Å². The van der Waals surface area contributed by atoms with E-state index in [1.54, 1.807) is 18.2 Å². The van der Waals surface area contributed by atoms with Crippen LogP contribution in [-0.4, -0.2) is 31.0 Å². The largest absolute Gasteiger partial charge is 0.480 e. The van der Waals surface area contributed by atoms with Gasteiger partial charge in [0.05, 0.1) is 4.88 Å². The Hall–Kier alpha value is -2.05. The molecule has 0 saturated heterocycles. The average molecular weight is 365 g/mol. The van der Waals surface area contributed by atoms with Crippen molar-refractivity contribution in [2.24, 2.45) is 0 Å². The third-order valence-electron chi connectivity index (χ3n) is 3.67. The highest BCUT2D eigenvalue weighted by molar-refractivity contribution is 7.12. The molecule has 1 aliphatic heterocycles. The molecule has 2 N–H and O–H groups in total. The molecule has 0 saturated carbocycles. The fourth-order valence-electron chi connectivity index (χ4n) is 2.47. The van der Waals surface area contributed by atoms with E-state index in [0.717, 1.165) is 5.56 Å². The Morgan fingerprint density at radius 2 is 2.08 bits per heavy atom. The molecule has 0 radical (unpaired) electrons. The molecule has 0 unspecified atom stereocenters. The van der Waals surface area contributed by atoms with Crippen molar-refractivity contribution < 1.29 is 14.3 Å². The molecule has 0 aliphatic carbocycles. The van der Waals surface area contributed by atoms with E-state index in [1.807, 2.05) is 17.5 Å². The topological polar surface area (TPSA) is 67.4 Å². The Morgan fingerprint density at radius 3 is 2.88 bits per heavy atom. The second-order valence-electron chi connectivity index (χ2n) is 5.44. The summed E-state index contributed by atoms with van der Waals surface area (Å²) in [7, 11) is 0. The molecule has 7 heteroatoms.